The molecule has 170 valence electrons. The number of aromatic nitrogens is 3. The lowest BCUT2D eigenvalue weighted by Gasteiger charge is -2.24. The van der Waals surface area contributed by atoms with Gasteiger partial charge >= 0.3 is 6.09 Å². The van der Waals surface area contributed by atoms with E-state index in [-0.39, 0.29) is 17.9 Å². The van der Waals surface area contributed by atoms with Crippen LogP contribution in [-0.4, -0.2) is 50.9 Å². The zero-order valence-corrected chi connectivity index (χ0v) is 18.6. The maximum absolute atomic E-state index is 12.3. The van der Waals surface area contributed by atoms with E-state index in [1.165, 1.54) is 12.4 Å². The number of hydrogen-bond acceptors (Lipinski definition) is 9. The van der Waals surface area contributed by atoms with Crippen LogP contribution in [0.25, 0.3) is 11.3 Å². The van der Waals surface area contributed by atoms with E-state index < -0.39 is 5.60 Å². The van der Waals surface area contributed by atoms with E-state index in [1.54, 1.807) is 11.0 Å². The maximum Gasteiger partial charge on any atom is 0.410 e. The third-order valence-electron chi connectivity index (χ3n) is 4.78. The highest BCUT2D eigenvalue weighted by Crippen LogP contribution is 2.33. The molecule has 1 fully saturated rings. The average molecular weight is 448 g/mol. The first-order chi connectivity index (χ1) is 15.8. The third-order valence-corrected chi connectivity index (χ3v) is 4.78. The SMILES string of the molecule is CC(C)(C)OC(=O)N1CCC(Oc2ccccc2-c2cc(Nc3cnc(C#N)cn3)no2)C1. The van der Waals surface area contributed by atoms with Crippen molar-refractivity contribution in [3.05, 3.63) is 48.4 Å². The molecule has 0 bridgehead atoms. The number of nitriles is 1. The lowest BCUT2D eigenvalue weighted by molar-refractivity contribution is 0.0276. The van der Waals surface area contributed by atoms with E-state index >= 15 is 0 Å². The Morgan fingerprint density at radius 3 is 2.79 bits per heavy atom. The van der Waals surface area contributed by atoms with Crippen molar-refractivity contribution in [2.75, 3.05) is 18.4 Å². The number of carbonyl (C=O) groups excluding carboxylic acids is 1. The van der Waals surface area contributed by atoms with Gasteiger partial charge in [0.05, 0.1) is 24.5 Å². The summed E-state index contributed by atoms with van der Waals surface area (Å²) in [5, 5.41) is 15.8. The molecule has 10 nitrogen and oxygen atoms in total. The highest BCUT2D eigenvalue weighted by Gasteiger charge is 2.31. The number of para-hydroxylation sites is 1. The molecule has 1 aliphatic rings. The van der Waals surface area contributed by atoms with Crippen LogP contribution < -0.4 is 10.1 Å². The van der Waals surface area contributed by atoms with E-state index in [4.69, 9.17) is 19.3 Å². The van der Waals surface area contributed by atoms with Crippen molar-refractivity contribution in [3.63, 3.8) is 0 Å². The standard InChI is InChI=1S/C23H24N6O4/c1-23(2,3)32-22(30)29-9-8-16(14-29)31-18-7-5-4-6-17(18)19-10-20(28-33-19)27-21-13-25-15(11-24)12-26-21/h4-7,10,12-13,16H,8-9,14H2,1-3H3,(H,26,27,28). The first kappa shape index (κ1) is 22.1. The summed E-state index contributed by atoms with van der Waals surface area (Å²) in [4.78, 5) is 22.1. The van der Waals surface area contributed by atoms with Crippen molar-refractivity contribution in [3.8, 4) is 23.1 Å². The van der Waals surface area contributed by atoms with Crippen molar-refractivity contribution in [1.82, 2.24) is 20.0 Å². The fourth-order valence-corrected chi connectivity index (χ4v) is 3.31. The van der Waals surface area contributed by atoms with Crippen LogP contribution in [0, 0.1) is 11.3 Å². The lowest BCUT2D eigenvalue weighted by Crippen LogP contribution is -2.36. The molecule has 1 amide bonds. The number of nitrogens with one attached hydrogen (secondary N) is 1. The number of benzene rings is 1. The Morgan fingerprint density at radius 2 is 2.06 bits per heavy atom. The first-order valence-corrected chi connectivity index (χ1v) is 10.5. The van der Waals surface area contributed by atoms with E-state index in [0.29, 0.717) is 42.7 Å². The number of nitrogens with zero attached hydrogens (tertiary/aromatic N) is 5. The third kappa shape index (κ3) is 5.57. The van der Waals surface area contributed by atoms with E-state index in [9.17, 15) is 4.79 Å². The second-order valence-corrected chi connectivity index (χ2v) is 8.55. The van der Waals surface area contributed by atoms with Gasteiger partial charge in [-0.3, -0.25) is 0 Å². The summed E-state index contributed by atoms with van der Waals surface area (Å²) in [5.41, 5.74) is 0.425. The summed E-state index contributed by atoms with van der Waals surface area (Å²) in [6.07, 6.45) is 3.02. The largest absolute Gasteiger partial charge is 0.488 e. The Balaban J connectivity index is 1.43. The lowest BCUT2D eigenvalue weighted by atomic mass is 10.1. The molecule has 1 atom stereocenters. The van der Waals surface area contributed by atoms with Gasteiger partial charge in [-0.25, -0.2) is 14.8 Å². The van der Waals surface area contributed by atoms with Crippen molar-refractivity contribution >= 4 is 17.7 Å². The number of hydrogen-bond donors (Lipinski definition) is 1. The van der Waals surface area contributed by atoms with Crippen molar-refractivity contribution in [2.24, 2.45) is 0 Å². The predicted molar refractivity (Wildman–Crippen MR) is 119 cm³/mol. The Morgan fingerprint density at radius 1 is 1.24 bits per heavy atom. The van der Waals surface area contributed by atoms with E-state index in [0.717, 1.165) is 5.56 Å². The van der Waals surface area contributed by atoms with Gasteiger partial charge in [-0.1, -0.05) is 17.3 Å². The van der Waals surface area contributed by atoms with Gasteiger partial charge in [0.2, 0.25) is 0 Å². The minimum atomic E-state index is -0.538. The Kier molecular flexibility index (Phi) is 6.13. The molecule has 1 saturated heterocycles. The monoisotopic (exact) mass is 448 g/mol. The molecule has 10 heteroatoms. The van der Waals surface area contributed by atoms with Crippen molar-refractivity contribution in [1.29, 1.82) is 5.26 Å². The van der Waals surface area contributed by atoms with E-state index in [2.05, 4.69) is 20.4 Å². The van der Waals surface area contributed by atoms with Gasteiger partial charge in [-0.2, -0.15) is 5.26 Å². The Labute approximate surface area is 191 Å². The minimum Gasteiger partial charge on any atom is -0.488 e. The summed E-state index contributed by atoms with van der Waals surface area (Å²) in [6.45, 7) is 6.56. The molecule has 0 saturated carbocycles. The minimum absolute atomic E-state index is 0.159. The molecule has 3 aromatic rings. The van der Waals surface area contributed by atoms with Crippen molar-refractivity contribution in [2.45, 2.75) is 38.9 Å². The summed E-state index contributed by atoms with van der Waals surface area (Å²) in [7, 11) is 0. The average Bonchev–Trinajstić information content (AvgIpc) is 3.43. The molecule has 2 aromatic heterocycles. The molecule has 1 unspecified atom stereocenters. The molecular weight excluding hydrogens is 424 g/mol. The second-order valence-electron chi connectivity index (χ2n) is 8.55. The summed E-state index contributed by atoms with van der Waals surface area (Å²) >= 11 is 0. The Bertz CT molecular complexity index is 1160. The maximum atomic E-state index is 12.3. The fraction of sp³-hybridized carbons (Fsp3) is 0.348. The van der Waals surface area contributed by atoms with Gasteiger partial charge in [0, 0.05) is 19.0 Å². The van der Waals surface area contributed by atoms with Crippen LogP contribution in [-0.2, 0) is 4.74 Å². The normalized spacial score (nSPS) is 15.7. The molecule has 4 rings (SSSR count). The molecular formula is C23H24N6O4. The molecule has 0 aliphatic carbocycles. The highest BCUT2D eigenvalue weighted by molar-refractivity contribution is 5.70. The number of ether oxygens (including phenoxy) is 2. The highest BCUT2D eigenvalue weighted by atomic mass is 16.6. The van der Waals surface area contributed by atoms with Gasteiger partial charge in [0.15, 0.2) is 17.3 Å². The number of anilines is 2. The van der Waals surface area contributed by atoms with E-state index in [1.807, 2.05) is 51.1 Å². The number of rotatable bonds is 5. The van der Waals surface area contributed by atoms with Crippen LogP contribution in [0.5, 0.6) is 5.75 Å². The van der Waals surface area contributed by atoms with Crippen LogP contribution in [0.4, 0.5) is 16.4 Å². The van der Waals surface area contributed by atoms with Gasteiger partial charge in [0.25, 0.3) is 0 Å². The topological polar surface area (TPSA) is 126 Å². The number of carbonyl (C=O) groups is 1. The summed E-state index contributed by atoms with van der Waals surface area (Å²) in [6, 6.07) is 11.1. The summed E-state index contributed by atoms with van der Waals surface area (Å²) in [5.74, 6) is 2.02. The first-order valence-electron chi connectivity index (χ1n) is 10.5. The smallest absolute Gasteiger partial charge is 0.410 e. The molecule has 1 aromatic carbocycles. The summed E-state index contributed by atoms with van der Waals surface area (Å²) < 4.78 is 17.2. The van der Waals surface area contributed by atoms with Gasteiger partial charge in [0.1, 0.15) is 29.3 Å². The molecule has 0 radical (unpaired) electrons. The van der Waals surface area contributed by atoms with Crippen LogP contribution in [0.3, 0.4) is 0 Å². The number of likely N-dealkylation sites (tertiary alicyclic amines) is 1. The molecule has 3 heterocycles. The molecule has 1 N–H and O–H groups in total. The molecule has 0 spiro atoms. The fourth-order valence-electron chi connectivity index (χ4n) is 3.31. The predicted octanol–water partition coefficient (Wildman–Crippen LogP) is 4.14. The van der Waals surface area contributed by atoms with Crippen molar-refractivity contribution < 1.29 is 18.8 Å². The van der Waals surface area contributed by atoms with Gasteiger partial charge in [-0.15, -0.1) is 0 Å². The Hall–Kier alpha value is -4.13. The van der Waals surface area contributed by atoms with Gasteiger partial charge in [-0.05, 0) is 32.9 Å². The quantitative estimate of drug-likeness (QED) is 0.613. The number of amides is 1. The second kappa shape index (κ2) is 9.16. The van der Waals surface area contributed by atoms with Gasteiger partial charge < -0.3 is 24.2 Å². The van der Waals surface area contributed by atoms with Crippen LogP contribution >= 0.6 is 0 Å². The zero-order valence-electron chi connectivity index (χ0n) is 18.6. The van der Waals surface area contributed by atoms with Crippen LogP contribution in [0.15, 0.2) is 47.2 Å². The zero-order chi connectivity index (χ0) is 23.4. The van der Waals surface area contributed by atoms with Crippen LogP contribution in [0.1, 0.15) is 32.9 Å². The molecule has 1 aliphatic heterocycles. The van der Waals surface area contributed by atoms with Crippen LogP contribution in [0.2, 0.25) is 0 Å². The molecule has 33 heavy (non-hydrogen) atoms.